The number of rotatable bonds is 7. The maximum atomic E-state index is 12.8. The fourth-order valence-corrected chi connectivity index (χ4v) is 2.71. The van der Waals surface area contributed by atoms with E-state index in [1.165, 1.54) is 26.2 Å². The molecule has 0 aliphatic heterocycles. The summed E-state index contributed by atoms with van der Waals surface area (Å²) in [5.74, 6) is -3.22. The van der Waals surface area contributed by atoms with Gasteiger partial charge in [0.25, 0.3) is 0 Å². The molecule has 0 fully saturated rings. The maximum Gasteiger partial charge on any atom is 0.416 e. The minimum atomic E-state index is -4.54. The number of nitrogens with one attached hydrogen (secondary N) is 1. The quantitative estimate of drug-likeness (QED) is 0.736. The predicted octanol–water partition coefficient (Wildman–Crippen LogP) is 4.23. The van der Waals surface area contributed by atoms with Crippen molar-refractivity contribution in [2.75, 3.05) is 12.4 Å². The van der Waals surface area contributed by atoms with Gasteiger partial charge in [0.1, 0.15) is 5.75 Å². The van der Waals surface area contributed by atoms with Crippen LogP contribution in [0.4, 0.5) is 18.9 Å². The highest BCUT2D eigenvalue weighted by Gasteiger charge is 2.32. The minimum absolute atomic E-state index is 0.0414. The Morgan fingerprint density at radius 1 is 1.14 bits per heavy atom. The first-order valence-corrected chi connectivity index (χ1v) is 8.45. The highest BCUT2D eigenvalue weighted by molar-refractivity contribution is 5.95. The Bertz CT molecular complexity index is 834. The highest BCUT2D eigenvalue weighted by Crippen LogP contribution is 2.31. The number of anilines is 1. The summed E-state index contributed by atoms with van der Waals surface area (Å²) in [5.41, 5.74) is -0.238. The average molecular weight is 395 g/mol. The number of carbonyl (C=O) groups excluding carboxylic acids is 1. The molecule has 5 nitrogen and oxygen atoms in total. The average Bonchev–Trinajstić information content (AvgIpc) is 2.65. The van der Waals surface area contributed by atoms with Crippen LogP contribution in [0.5, 0.6) is 5.75 Å². The number of hydrogen-bond donors (Lipinski definition) is 2. The molecular formula is C20H20F3NO4. The van der Waals surface area contributed by atoms with E-state index in [4.69, 9.17) is 4.74 Å². The van der Waals surface area contributed by atoms with Crippen molar-refractivity contribution < 1.29 is 32.6 Å². The van der Waals surface area contributed by atoms with Crippen LogP contribution in [0.2, 0.25) is 0 Å². The third-order valence-electron chi connectivity index (χ3n) is 4.41. The summed E-state index contributed by atoms with van der Waals surface area (Å²) in [6.45, 7) is 1.44. The van der Waals surface area contributed by atoms with Crippen LogP contribution in [0.15, 0.2) is 48.5 Å². The van der Waals surface area contributed by atoms with Crippen molar-refractivity contribution in [3.63, 3.8) is 0 Å². The van der Waals surface area contributed by atoms with Gasteiger partial charge in [-0.25, -0.2) is 0 Å². The van der Waals surface area contributed by atoms with Crippen molar-refractivity contribution in [1.82, 2.24) is 0 Å². The number of hydrogen-bond acceptors (Lipinski definition) is 3. The van der Waals surface area contributed by atoms with E-state index in [1.807, 2.05) is 0 Å². The van der Waals surface area contributed by atoms with Gasteiger partial charge in [-0.2, -0.15) is 13.2 Å². The third kappa shape index (κ3) is 5.48. The normalized spacial score (nSPS) is 13.5. The SMILES string of the molecule is COc1ccc(C[C@@H](C(=O)O)[C@@H](C)C(=O)Nc2cccc(C(F)(F)F)c2)cc1. The summed E-state index contributed by atoms with van der Waals surface area (Å²) >= 11 is 0. The Balaban J connectivity index is 2.12. The van der Waals surface area contributed by atoms with Crippen LogP contribution in [0.1, 0.15) is 18.1 Å². The molecule has 0 aromatic heterocycles. The van der Waals surface area contributed by atoms with Crippen LogP contribution < -0.4 is 10.1 Å². The van der Waals surface area contributed by atoms with E-state index in [2.05, 4.69) is 5.32 Å². The zero-order chi connectivity index (χ0) is 20.9. The lowest BCUT2D eigenvalue weighted by Crippen LogP contribution is -2.33. The van der Waals surface area contributed by atoms with Crippen molar-refractivity contribution >= 4 is 17.6 Å². The number of alkyl halides is 3. The lowest BCUT2D eigenvalue weighted by atomic mass is 9.87. The summed E-state index contributed by atoms with van der Waals surface area (Å²) in [7, 11) is 1.51. The summed E-state index contributed by atoms with van der Waals surface area (Å²) in [6, 6.07) is 11.0. The Hall–Kier alpha value is -3.03. The number of carboxylic acid groups (broad SMARTS) is 1. The van der Waals surface area contributed by atoms with E-state index in [-0.39, 0.29) is 12.1 Å². The molecular weight excluding hydrogens is 375 g/mol. The molecule has 0 spiro atoms. The van der Waals surface area contributed by atoms with Crippen LogP contribution in [-0.2, 0) is 22.2 Å². The summed E-state index contributed by atoms with van der Waals surface area (Å²) < 4.78 is 43.4. The van der Waals surface area contributed by atoms with Crippen molar-refractivity contribution in [2.24, 2.45) is 11.8 Å². The number of carboxylic acids is 1. The number of halogens is 3. The summed E-state index contributed by atoms with van der Waals surface area (Å²) in [5, 5.41) is 11.9. The molecule has 2 rings (SSSR count). The standard InChI is InChI=1S/C20H20F3NO4/c1-12(17(19(26)27)10-13-6-8-16(28-2)9-7-13)18(25)24-15-5-3-4-14(11-15)20(21,22)23/h3-9,11-12,17H,10H2,1-2H3,(H,24,25)(H,26,27)/t12-,17-/m1/s1. The van der Waals surface area contributed by atoms with Gasteiger partial charge < -0.3 is 15.2 Å². The number of benzene rings is 2. The molecule has 0 bridgehead atoms. The van der Waals surface area contributed by atoms with Crippen molar-refractivity contribution in [3.8, 4) is 5.75 Å². The van der Waals surface area contributed by atoms with Gasteiger partial charge in [-0.1, -0.05) is 25.1 Å². The lowest BCUT2D eigenvalue weighted by Gasteiger charge is -2.20. The zero-order valence-electron chi connectivity index (χ0n) is 15.3. The van der Waals surface area contributed by atoms with Gasteiger partial charge in [0, 0.05) is 11.6 Å². The molecule has 1 amide bonds. The molecule has 2 N–H and O–H groups in total. The molecule has 0 unspecified atom stereocenters. The molecule has 0 aliphatic rings. The molecule has 0 saturated carbocycles. The van der Waals surface area contributed by atoms with Crippen LogP contribution >= 0.6 is 0 Å². The second-order valence-corrected chi connectivity index (χ2v) is 6.35. The molecule has 150 valence electrons. The smallest absolute Gasteiger partial charge is 0.416 e. The van der Waals surface area contributed by atoms with E-state index in [9.17, 15) is 27.9 Å². The van der Waals surface area contributed by atoms with Gasteiger partial charge in [0.15, 0.2) is 0 Å². The summed E-state index contributed by atoms with van der Waals surface area (Å²) in [6.07, 6.45) is -4.44. The fraction of sp³-hybridized carbons (Fsp3) is 0.300. The third-order valence-corrected chi connectivity index (χ3v) is 4.41. The first-order valence-electron chi connectivity index (χ1n) is 8.45. The lowest BCUT2D eigenvalue weighted by molar-refractivity contribution is -0.145. The predicted molar refractivity (Wildman–Crippen MR) is 97.1 cm³/mol. The summed E-state index contributed by atoms with van der Waals surface area (Å²) in [4.78, 5) is 24.1. The van der Waals surface area contributed by atoms with Crippen LogP contribution in [0.25, 0.3) is 0 Å². The topological polar surface area (TPSA) is 75.6 Å². The minimum Gasteiger partial charge on any atom is -0.497 e. The van der Waals surface area contributed by atoms with Crippen molar-refractivity contribution in [3.05, 3.63) is 59.7 Å². The van der Waals surface area contributed by atoms with Crippen LogP contribution in [0.3, 0.4) is 0 Å². The molecule has 0 heterocycles. The largest absolute Gasteiger partial charge is 0.497 e. The second kappa shape index (κ2) is 8.77. The van der Waals surface area contributed by atoms with E-state index < -0.39 is 35.5 Å². The van der Waals surface area contributed by atoms with E-state index in [0.717, 1.165) is 12.1 Å². The molecule has 2 aromatic carbocycles. The first kappa shape index (κ1) is 21.3. The zero-order valence-corrected chi connectivity index (χ0v) is 15.3. The number of amides is 1. The molecule has 2 atom stereocenters. The number of aliphatic carboxylic acids is 1. The maximum absolute atomic E-state index is 12.8. The Morgan fingerprint density at radius 3 is 2.32 bits per heavy atom. The molecule has 0 saturated heterocycles. The number of methoxy groups -OCH3 is 1. The fourth-order valence-electron chi connectivity index (χ4n) is 2.71. The second-order valence-electron chi connectivity index (χ2n) is 6.35. The van der Waals surface area contributed by atoms with E-state index >= 15 is 0 Å². The molecule has 0 aliphatic carbocycles. The highest BCUT2D eigenvalue weighted by atomic mass is 19.4. The Morgan fingerprint density at radius 2 is 1.79 bits per heavy atom. The van der Waals surface area contributed by atoms with E-state index in [0.29, 0.717) is 11.3 Å². The number of ether oxygens (including phenoxy) is 1. The van der Waals surface area contributed by atoms with E-state index in [1.54, 1.807) is 24.3 Å². The molecule has 2 aromatic rings. The van der Waals surface area contributed by atoms with Gasteiger partial charge in [0.2, 0.25) is 5.91 Å². The van der Waals surface area contributed by atoms with Crippen LogP contribution in [0, 0.1) is 11.8 Å². The van der Waals surface area contributed by atoms with Gasteiger partial charge >= 0.3 is 12.1 Å². The van der Waals surface area contributed by atoms with Gasteiger partial charge in [-0.15, -0.1) is 0 Å². The first-order chi connectivity index (χ1) is 13.1. The van der Waals surface area contributed by atoms with Crippen molar-refractivity contribution in [2.45, 2.75) is 19.5 Å². The molecule has 28 heavy (non-hydrogen) atoms. The van der Waals surface area contributed by atoms with Gasteiger partial charge in [-0.05, 0) is 42.3 Å². The monoisotopic (exact) mass is 395 g/mol. The Labute approximate surface area is 160 Å². The molecule has 0 radical (unpaired) electrons. The molecule has 8 heteroatoms. The Kier molecular flexibility index (Phi) is 6.66. The van der Waals surface area contributed by atoms with Gasteiger partial charge in [0.05, 0.1) is 18.6 Å². The van der Waals surface area contributed by atoms with Crippen LogP contribution in [-0.4, -0.2) is 24.1 Å². The number of carbonyl (C=O) groups is 2. The van der Waals surface area contributed by atoms with Crippen molar-refractivity contribution in [1.29, 1.82) is 0 Å². The van der Waals surface area contributed by atoms with Gasteiger partial charge in [-0.3, -0.25) is 9.59 Å².